The molecule has 0 spiro atoms. The molecule has 0 aliphatic carbocycles. The van der Waals surface area contributed by atoms with Crippen molar-refractivity contribution in [2.75, 3.05) is 22.5 Å². The van der Waals surface area contributed by atoms with Crippen LogP contribution in [0.1, 0.15) is 105 Å². The number of thioether (sulfide) groups is 1. The van der Waals surface area contributed by atoms with E-state index in [0.29, 0.717) is 40.5 Å². The van der Waals surface area contributed by atoms with Crippen LogP contribution < -0.4 is 10.2 Å². The number of benzene rings is 3. The Kier molecular flexibility index (Phi) is 14.7. The van der Waals surface area contributed by atoms with Gasteiger partial charge in [0.2, 0.25) is 0 Å². The monoisotopic (exact) mass is 620 g/mol. The summed E-state index contributed by atoms with van der Waals surface area (Å²) in [5.41, 5.74) is 1.21. The second-order valence-electron chi connectivity index (χ2n) is 11.0. The van der Waals surface area contributed by atoms with Crippen LogP contribution in [0, 0.1) is 0 Å². The molecular formula is C35H44N2O6S. The summed E-state index contributed by atoms with van der Waals surface area (Å²) in [5.74, 6) is -2.25. The van der Waals surface area contributed by atoms with Crippen LogP contribution in [0.4, 0.5) is 16.2 Å². The van der Waals surface area contributed by atoms with E-state index in [2.05, 4.69) is 12.2 Å². The predicted octanol–water partition coefficient (Wildman–Crippen LogP) is 9.06. The van der Waals surface area contributed by atoms with E-state index in [-0.39, 0.29) is 22.3 Å². The number of nitrogens with one attached hydrogen (secondary N) is 1. The van der Waals surface area contributed by atoms with E-state index in [9.17, 15) is 24.3 Å². The molecule has 0 bridgehead atoms. The van der Waals surface area contributed by atoms with Crippen molar-refractivity contribution in [1.82, 2.24) is 0 Å². The van der Waals surface area contributed by atoms with Crippen molar-refractivity contribution in [3.8, 4) is 5.75 Å². The Morgan fingerprint density at radius 2 is 1.43 bits per heavy atom. The number of amides is 2. The van der Waals surface area contributed by atoms with Gasteiger partial charge in [-0.2, -0.15) is 0 Å². The number of anilines is 2. The molecule has 0 atom stereocenters. The molecule has 3 N–H and O–H groups in total. The van der Waals surface area contributed by atoms with Gasteiger partial charge in [0.05, 0.1) is 16.9 Å². The van der Waals surface area contributed by atoms with Gasteiger partial charge in [0.1, 0.15) is 11.5 Å². The highest BCUT2D eigenvalue weighted by molar-refractivity contribution is 8.14. The van der Waals surface area contributed by atoms with Gasteiger partial charge in [-0.3, -0.25) is 19.2 Å². The number of para-hydroxylation sites is 1. The zero-order valence-electron chi connectivity index (χ0n) is 25.6. The molecular weight excluding hydrogens is 576 g/mol. The molecule has 8 nitrogen and oxygen atoms in total. The fraction of sp³-hybridized carbons (Fsp3) is 0.429. The molecule has 3 rings (SSSR count). The minimum Gasteiger partial charge on any atom is -0.506 e. The third-order valence-corrected chi connectivity index (χ3v) is 8.51. The number of aldehydes is 1. The molecule has 0 aliphatic rings. The van der Waals surface area contributed by atoms with E-state index in [1.54, 1.807) is 53.4 Å². The fourth-order valence-electron chi connectivity index (χ4n) is 5.27. The first-order valence-corrected chi connectivity index (χ1v) is 16.6. The Balaban J connectivity index is 1.69. The molecule has 0 saturated heterocycles. The predicted molar refractivity (Wildman–Crippen MR) is 179 cm³/mol. The number of carboxylic acids is 1. The first-order valence-electron chi connectivity index (χ1n) is 15.6. The zero-order valence-corrected chi connectivity index (χ0v) is 26.4. The minimum atomic E-state index is -1.07. The standard InChI is InChI=1S/C35H44N2O6S/c1-2-3-4-5-6-7-8-9-10-11-12-15-23-37(35(43)44-25-32(39)40)31-20-16-18-28-27(31)21-22-29(33(28)41)34(42)36-30-19-14-13-17-26(30)24-38/h13-14,16-22,24,41H,2-12,15,23,25H2,1H3,(H,36,42)(H,39,40). The van der Waals surface area contributed by atoms with Crippen LogP contribution in [0.5, 0.6) is 5.75 Å². The molecule has 3 aromatic carbocycles. The van der Waals surface area contributed by atoms with Gasteiger partial charge in [-0.1, -0.05) is 120 Å². The maximum Gasteiger partial charge on any atom is 0.314 e. The average Bonchev–Trinajstić information content (AvgIpc) is 3.02. The molecule has 0 aliphatic heterocycles. The molecule has 3 aromatic rings. The summed E-state index contributed by atoms with van der Waals surface area (Å²) in [6, 6.07) is 14.9. The molecule has 0 saturated carbocycles. The van der Waals surface area contributed by atoms with Gasteiger partial charge in [-0.25, -0.2) is 0 Å². The second kappa shape index (κ2) is 18.7. The number of fused-ring (bicyclic) bond motifs is 1. The highest BCUT2D eigenvalue weighted by Crippen LogP contribution is 2.36. The van der Waals surface area contributed by atoms with E-state index in [1.807, 2.05) is 0 Å². The summed E-state index contributed by atoms with van der Waals surface area (Å²) >= 11 is 0.730. The zero-order chi connectivity index (χ0) is 31.7. The highest BCUT2D eigenvalue weighted by atomic mass is 32.2. The van der Waals surface area contributed by atoms with E-state index in [1.165, 1.54) is 57.4 Å². The topological polar surface area (TPSA) is 124 Å². The first kappa shape index (κ1) is 34.6. The summed E-state index contributed by atoms with van der Waals surface area (Å²) in [6.45, 7) is 2.64. The van der Waals surface area contributed by atoms with Gasteiger partial charge < -0.3 is 20.4 Å². The molecule has 236 valence electrons. The van der Waals surface area contributed by atoms with Crippen LogP contribution in [0.3, 0.4) is 0 Å². The maximum absolute atomic E-state index is 13.2. The maximum atomic E-state index is 13.2. The van der Waals surface area contributed by atoms with Gasteiger partial charge >= 0.3 is 5.97 Å². The highest BCUT2D eigenvalue weighted by Gasteiger charge is 2.22. The van der Waals surface area contributed by atoms with Crippen LogP contribution in [0.15, 0.2) is 54.6 Å². The Labute approximate surface area is 264 Å². The van der Waals surface area contributed by atoms with Crippen LogP contribution in [-0.2, 0) is 4.79 Å². The lowest BCUT2D eigenvalue weighted by Crippen LogP contribution is -2.29. The van der Waals surface area contributed by atoms with Crippen LogP contribution in [0.25, 0.3) is 10.8 Å². The van der Waals surface area contributed by atoms with E-state index in [4.69, 9.17) is 5.11 Å². The van der Waals surface area contributed by atoms with Crippen molar-refractivity contribution >= 4 is 57.3 Å². The Bertz CT molecular complexity index is 1410. The fourth-order valence-corrected chi connectivity index (χ4v) is 5.86. The molecule has 0 heterocycles. The number of phenolic OH excluding ortho intramolecular Hbond substituents is 1. The minimum absolute atomic E-state index is 0.0226. The third kappa shape index (κ3) is 10.4. The summed E-state index contributed by atoms with van der Waals surface area (Å²) < 4.78 is 0. The van der Waals surface area contributed by atoms with Crippen LogP contribution in [-0.4, -0.2) is 45.9 Å². The SMILES string of the molecule is CCCCCCCCCCCCCCN(C(=O)SCC(=O)O)c1cccc2c(O)c(C(=O)Nc3ccccc3C=O)ccc12. The molecule has 0 aromatic heterocycles. The Morgan fingerprint density at radius 3 is 2.07 bits per heavy atom. The van der Waals surface area contributed by atoms with Gasteiger partial charge in [0.15, 0.2) is 6.29 Å². The van der Waals surface area contributed by atoms with Crippen LogP contribution in [0.2, 0.25) is 0 Å². The summed E-state index contributed by atoms with van der Waals surface area (Å²) in [5, 5.41) is 23.5. The summed E-state index contributed by atoms with van der Waals surface area (Å²) in [7, 11) is 0. The van der Waals surface area contributed by atoms with Crippen molar-refractivity contribution in [1.29, 1.82) is 0 Å². The molecule has 0 radical (unpaired) electrons. The largest absolute Gasteiger partial charge is 0.506 e. The normalized spacial score (nSPS) is 10.9. The summed E-state index contributed by atoms with van der Waals surface area (Å²) in [4.78, 5) is 50.4. The lowest BCUT2D eigenvalue weighted by molar-refractivity contribution is -0.133. The number of hydrogen-bond acceptors (Lipinski definition) is 6. The number of carbonyl (C=O) groups excluding carboxylic acids is 3. The molecule has 9 heteroatoms. The Hall–Kier alpha value is -3.85. The number of carbonyl (C=O) groups is 4. The smallest absolute Gasteiger partial charge is 0.314 e. The number of aliphatic carboxylic acids is 1. The lowest BCUT2D eigenvalue weighted by Gasteiger charge is -2.24. The van der Waals surface area contributed by atoms with Crippen LogP contribution >= 0.6 is 11.8 Å². The van der Waals surface area contributed by atoms with Gasteiger partial charge in [-0.05, 0) is 30.7 Å². The lowest BCUT2D eigenvalue weighted by atomic mass is 10.0. The molecule has 44 heavy (non-hydrogen) atoms. The quantitative estimate of drug-likeness (QED) is 0.0902. The molecule has 2 amide bonds. The van der Waals surface area contributed by atoms with Crippen molar-refractivity contribution in [3.05, 3.63) is 65.7 Å². The van der Waals surface area contributed by atoms with Gasteiger partial charge in [0.25, 0.3) is 11.1 Å². The average molecular weight is 621 g/mol. The number of nitrogens with zero attached hydrogens (tertiary/aromatic N) is 1. The van der Waals surface area contributed by atoms with Crippen molar-refractivity contribution in [2.24, 2.45) is 0 Å². The second-order valence-corrected chi connectivity index (χ2v) is 11.9. The van der Waals surface area contributed by atoms with Crippen molar-refractivity contribution < 1.29 is 29.4 Å². The number of carboxylic acid groups (broad SMARTS) is 1. The van der Waals surface area contributed by atoms with Crippen molar-refractivity contribution in [3.63, 3.8) is 0 Å². The number of phenols is 1. The number of unbranched alkanes of at least 4 members (excludes halogenated alkanes) is 11. The van der Waals surface area contributed by atoms with E-state index in [0.717, 1.165) is 37.4 Å². The Morgan fingerprint density at radius 1 is 0.795 bits per heavy atom. The van der Waals surface area contributed by atoms with E-state index >= 15 is 0 Å². The van der Waals surface area contributed by atoms with Crippen molar-refractivity contribution in [2.45, 2.75) is 84.0 Å². The van der Waals surface area contributed by atoms with Gasteiger partial charge in [0, 0.05) is 22.9 Å². The molecule has 0 fully saturated rings. The summed E-state index contributed by atoms with van der Waals surface area (Å²) in [6.07, 6.45) is 14.9. The number of hydrogen-bond donors (Lipinski definition) is 3. The number of aromatic hydroxyl groups is 1. The first-order chi connectivity index (χ1) is 21.4. The van der Waals surface area contributed by atoms with Gasteiger partial charge in [-0.15, -0.1) is 0 Å². The molecule has 0 unspecified atom stereocenters. The third-order valence-electron chi connectivity index (χ3n) is 7.66. The number of rotatable bonds is 19. The van der Waals surface area contributed by atoms with E-state index < -0.39 is 11.9 Å².